The summed E-state index contributed by atoms with van der Waals surface area (Å²) in [5.74, 6) is 0.378. The van der Waals surface area contributed by atoms with Crippen molar-refractivity contribution >= 4 is 28.9 Å². The largest absolute Gasteiger partial charge is 0.373 e. The van der Waals surface area contributed by atoms with E-state index in [2.05, 4.69) is 22.8 Å². The van der Waals surface area contributed by atoms with Crippen LogP contribution in [0.2, 0.25) is 5.02 Å². The van der Waals surface area contributed by atoms with Gasteiger partial charge in [-0.15, -0.1) is 0 Å². The van der Waals surface area contributed by atoms with Gasteiger partial charge in [0.2, 0.25) is 0 Å². The van der Waals surface area contributed by atoms with E-state index in [9.17, 15) is 4.79 Å². The maximum Gasteiger partial charge on any atom is 0.262 e. The molecule has 0 saturated heterocycles. The summed E-state index contributed by atoms with van der Waals surface area (Å²) >= 11 is 5.97. The second-order valence-electron chi connectivity index (χ2n) is 6.29. The van der Waals surface area contributed by atoms with Crippen molar-refractivity contribution in [1.82, 2.24) is 5.43 Å². The van der Waals surface area contributed by atoms with Crippen LogP contribution in [0.5, 0.6) is 0 Å². The molecule has 2 atom stereocenters. The summed E-state index contributed by atoms with van der Waals surface area (Å²) in [6, 6.07) is 5.31. The predicted octanol–water partition coefficient (Wildman–Crippen LogP) is 4.52. The van der Waals surface area contributed by atoms with Crippen LogP contribution in [0.3, 0.4) is 0 Å². The number of rotatable bonds is 5. The third-order valence-corrected chi connectivity index (χ3v) is 4.68. The van der Waals surface area contributed by atoms with Crippen molar-refractivity contribution in [3.05, 3.63) is 28.8 Å². The molecule has 0 aliphatic heterocycles. The SMILES string of the molecule is CC[C@@H](Nc1ccc(Cl)cc1C)C(=O)NN=C1CCCC[C@H]1C. The Morgan fingerprint density at radius 2 is 2.22 bits per heavy atom. The van der Waals surface area contributed by atoms with Crippen LogP contribution in [0.25, 0.3) is 0 Å². The lowest BCUT2D eigenvalue weighted by atomic mass is 9.89. The van der Waals surface area contributed by atoms with Gasteiger partial charge < -0.3 is 5.32 Å². The normalized spacial score (nSPS) is 21.0. The number of halogens is 1. The van der Waals surface area contributed by atoms with E-state index in [0.29, 0.717) is 17.4 Å². The first-order valence-electron chi connectivity index (χ1n) is 8.40. The lowest BCUT2D eigenvalue weighted by Crippen LogP contribution is -2.38. The van der Waals surface area contributed by atoms with Crippen LogP contribution < -0.4 is 10.7 Å². The minimum atomic E-state index is -0.307. The fourth-order valence-corrected chi connectivity index (χ4v) is 3.10. The van der Waals surface area contributed by atoms with E-state index in [-0.39, 0.29) is 11.9 Å². The summed E-state index contributed by atoms with van der Waals surface area (Å²) < 4.78 is 0. The fraction of sp³-hybridized carbons (Fsp3) is 0.556. The molecule has 126 valence electrons. The Morgan fingerprint density at radius 3 is 2.87 bits per heavy atom. The summed E-state index contributed by atoms with van der Waals surface area (Å²) in [7, 11) is 0. The molecule has 2 rings (SSSR count). The van der Waals surface area contributed by atoms with Crippen molar-refractivity contribution in [2.45, 2.75) is 58.9 Å². The van der Waals surface area contributed by atoms with Crippen molar-refractivity contribution in [1.29, 1.82) is 0 Å². The Labute approximate surface area is 143 Å². The molecule has 5 heteroatoms. The molecule has 1 fully saturated rings. The van der Waals surface area contributed by atoms with E-state index in [1.54, 1.807) is 0 Å². The number of amides is 1. The molecular weight excluding hydrogens is 310 g/mol. The second kappa shape index (κ2) is 8.34. The maximum absolute atomic E-state index is 12.4. The molecule has 0 bridgehead atoms. The minimum absolute atomic E-state index is 0.0906. The summed E-state index contributed by atoms with van der Waals surface area (Å²) in [5, 5.41) is 8.35. The Morgan fingerprint density at radius 1 is 1.43 bits per heavy atom. The van der Waals surface area contributed by atoms with Crippen molar-refractivity contribution in [2.24, 2.45) is 11.0 Å². The van der Waals surface area contributed by atoms with Gasteiger partial charge >= 0.3 is 0 Å². The summed E-state index contributed by atoms with van der Waals surface area (Å²) in [6.45, 7) is 6.14. The van der Waals surface area contributed by atoms with E-state index in [4.69, 9.17) is 11.6 Å². The second-order valence-corrected chi connectivity index (χ2v) is 6.73. The molecule has 1 aromatic carbocycles. The van der Waals surface area contributed by atoms with Crippen LogP contribution in [0, 0.1) is 12.8 Å². The van der Waals surface area contributed by atoms with Gasteiger partial charge in [0.15, 0.2) is 0 Å². The highest BCUT2D eigenvalue weighted by molar-refractivity contribution is 6.30. The quantitative estimate of drug-likeness (QED) is 0.777. The molecule has 1 aliphatic carbocycles. The van der Waals surface area contributed by atoms with Gasteiger partial charge in [-0.1, -0.05) is 31.9 Å². The van der Waals surface area contributed by atoms with E-state index in [1.165, 1.54) is 12.8 Å². The molecule has 0 heterocycles. The van der Waals surface area contributed by atoms with Crippen molar-refractivity contribution in [3.63, 3.8) is 0 Å². The number of anilines is 1. The average Bonchev–Trinajstić information content (AvgIpc) is 2.53. The lowest BCUT2D eigenvalue weighted by Gasteiger charge is -2.21. The number of nitrogens with zero attached hydrogens (tertiary/aromatic N) is 1. The summed E-state index contributed by atoms with van der Waals surface area (Å²) in [5.41, 5.74) is 5.81. The number of carbonyl (C=O) groups is 1. The number of carbonyl (C=O) groups excluding carboxylic acids is 1. The van der Waals surface area contributed by atoms with E-state index in [1.807, 2.05) is 32.0 Å². The summed E-state index contributed by atoms with van der Waals surface area (Å²) in [4.78, 5) is 12.4. The topological polar surface area (TPSA) is 53.5 Å². The van der Waals surface area contributed by atoms with Crippen LogP contribution >= 0.6 is 11.6 Å². The Kier molecular flexibility index (Phi) is 6.46. The molecule has 23 heavy (non-hydrogen) atoms. The standard InChI is InChI=1S/C18H26ClN3O/c1-4-15(20-16-10-9-14(19)11-13(16)3)18(23)22-21-17-8-6-5-7-12(17)2/h9-12,15,20H,4-8H2,1-3H3,(H,22,23)/t12-,15-/m1/s1. The molecule has 0 spiro atoms. The Hall–Kier alpha value is -1.55. The fourth-order valence-electron chi connectivity index (χ4n) is 2.87. The van der Waals surface area contributed by atoms with Gasteiger partial charge in [0.1, 0.15) is 6.04 Å². The highest BCUT2D eigenvalue weighted by Gasteiger charge is 2.19. The highest BCUT2D eigenvalue weighted by atomic mass is 35.5. The highest BCUT2D eigenvalue weighted by Crippen LogP contribution is 2.22. The number of hydrazone groups is 1. The van der Waals surface area contributed by atoms with Crippen LogP contribution in [0.4, 0.5) is 5.69 Å². The number of nitrogens with one attached hydrogen (secondary N) is 2. The lowest BCUT2D eigenvalue weighted by molar-refractivity contribution is -0.121. The van der Waals surface area contributed by atoms with Crippen LogP contribution in [-0.4, -0.2) is 17.7 Å². The van der Waals surface area contributed by atoms with Crippen LogP contribution in [-0.2, 0) is 4.79 Å². The first-order chi connectivity index (χ1) is 11.0. The van der Waals surface area contributed by atoms with Gasteiger partial charge in [0.05, 0.1) is 0 Å². The summed E-state index contributed by atoms with van der Waals surface area (Å²) in [6.07, 6.45) is 5.26. The Bertz CT molecular complexity index is 586. The van der Waals surface area contributed by atoms with Crippen molar-refractivity contribution < 1.29 is 4.79 Å². The van der Waals surface area contributed by atoms with Crippen molar-refractivity contribution in [2.75, 3.05) is 5.32 Å². The van der Waals surface area contributed by atoms with Crippen LogP contribution in [0.15, 0.2) is 23.3 Å². The van der Waals surface area contributed by atoms with E-state index < -0.39 is 0 Å². The van der Waals surface area contributed by atoms with Gasteiger partial charge in [0.25, 0.3) is 5.91 Å². The minimum Gasteiger partial charge on any atom is -0.373 e. The molecule has 1 aliphatic rings. The number of hydrogen-bond acceptors (Lipinski definition) is 3. The monoisotopic (exact) mass is 335 g/mol. The molecule has 2 N–H and O–H groups in total. The van der Waals surface area contributed by atoms with Gasteiger partial charge in [-0.05, 0) is 62.3 Å². The number of hydrogen-bond donors (Lipinski definition) is 2. The van der Waals surface area contributed by atoms with E-state index in [0.717, 1.165) is 29.8 Å². The van der Waals surface area contributed by atoms with Crippen molar-refractivity contribution in [3.8, 4) is 0 Å². The molecule has 0 aromatic heterocycles. The third-order valence-electron chi connectivity index (χ3n) is 4.44. The third kappa shape index (κ3) is 4.96. The molecule has 0 unspecified atom stereocenters. The zero-order valence-corrected chi connectivity index (χ0v) is 14.9. The molecule has 1 amide bonds. The predicted molar refractivity (Wildman–Crippen MR) is 97.1 cm³/mol. The number of aryl methyl sites for hydroxylation is 1. The van der Waals surface area contributed by atoms with Gasteiger partial charge in [-0.3, -0.25) is 4.79 Å². The first-order valence-corrected chi connectivity index (χ1v) is 8.78. The molecule has 1 aromatic rings. The first kappa shape index (κ1) is 17.8. The van der Waals surface area contributed by atoms with Gasteiger partial charge in [0, 0.05) is 16.4 Å². The van der Waals surface area contributed by atoms with Crippen LogP contribution in [0.1, 0.15) is 51.5 Å². The molecule has 1 saturated carbocycles. The number of benzene rings is 1. The van der Waals surface area contributed by atoms with E-state index >= 15 is 0 Å². The zero-order chi connectivity index (χ0) is 16.8. The van der Waals surface area contributed by atoms with Gasteiger partial charge in [-0.25, -0.2) is 5.43 Å². The Balaban J connectivity index is 1.99. The smallest absolute Gasteiger partial charge is 0.262 e. The molecular formula is C18H26ClN3O. The zero-order valence-electron chi connectivity index (χ0n) is 14.2. The molecule has 0 radical (unpaired) electrons. The van der Waals surface area contributed by atoms with Gasteiger partial charge in [-0.2, -0.15) is 5.10 Å². The average molecular weight is 336 g/mol. The maximum atomic E-state index is 12.4. The molecule has 4 nitrogen and oxygen atoms in total.